The number of hydrogen-bond acceptors (Lipinski definition) is 7. The summed E-state index contributed by atoms with van der Waals surface area (Å²) in [7, 11) is -1.41. The molecule has 0 unspecified atom stereocenters. The number of nitrogens with zero attached hydrogens (tertiary/aromatic N) is 4. The van der Waals surface area contributed by atoms with Crippen LogP contribution in [0.3, 0.4) is 0 Å². The van der Waals surface area contributed by atoms with E-state index in [0.29, 0.717) is 52.1 Å². The Balaban J connectivity index is 1.39. The van der Waals surface area contributed by atoms with Crippen molar-refractivity contribution in [3.63, 3.8) is 0 Å². The van der Waals surface area contributed by atoms with Crippen molar-refractivity contribution in [3.05, 3.63) is 112 Å². The van der Waals surface area contributed by atoms with E-state index < -0.39 is 38.2 Å². The molecule has 10 nitrogen and oxygen atoms in total. The number of benzene rings is 3. The molecule has 0 aliphatic carbocycles. The summed E-state index contributed by atoms with van der Waals surface area (Å²) < 4.78 is 80.1. The van der Waals surface area contributed by atoms with Crippen molar-refractivity contribution in [1.82, 2.24) is 18.6 Å². The molecule has 50 heavy (non-hydrogen) atoms. The van der Waals surface area contributed by atoms with Gasteiger partial charge in [-0.25, -0.2) is 22.2 Å². The lowest BCUT2D eigenvalue weighted by Crippen LogP contribution is -2.45. The molecular formula is C36H35ClF2N4O6S. The van der Waals surface area contributed by atoms with E-state index in [0.717, 1.165) is 16.4 Å². The number of ether oxygens (including phenoxy) is 3. The molecule has 0 spiro atoms. The minimum atomic E-state index is -4.46. The Morgan fingerprint density at radius 2 is 1.54 bits per heavy atom. The molecule has 2 aromatic heterocycles. The molecule has 1 aliphatic heterocycles. The molecule has 0 radical (unpaired) electrons. The van der Waals surface area contributed by atoms with Crippen LogP contribution in [0, 0.1) is 11.6 Å². The zero-order valence-corrected chi connectivity index (χ0v) is 29.2. The molecule has 5 aromatic rings. The Morgan fingerprint density at radius 1 is 0.960 bits per heavy atom. The first kappa shape index (κ1) is 35.3. The zero-order chi connectivity index (χ0) is 35.6. The van der Waals surface area contributed by atoms with E-state index in [1.165, 1.54) is 21.1 Å². The number of aromatic nitrogens is 2. The number of imidazole rings is 1. The molecule has 0 saturated carbocycles. The summed E-state index contributed by atoms with van der Waals surface area (Å²) in [5.74, 6) is -1.13. The highest BCUT2D eigenvalue weighted by Gasteiger charge is 2.31. The Hall–Kier alpha value is -4.56. The van der Waals surface area contributed by atoms with Crippen LogP contribution in [0.2, 0.25) is 5.02 Å². The third kappa shape index (κ3) is 7.46. The first-order valence-electron chi connectivity index (χ1n) is 15.8. The average Bonchev–Trinajstić information content (AvgIpc) is 3.44. The van der Waals surface area contributed by atoms with Gasteiger partial charge in [0.1, 0.15) is 28.8 Å². The van der Waals surface area contributed by atoms with E-state index in [1.54, 1.807) is 76.2 Å². The summed E-state index contributed by atoms with van der Waals surface area (Å²) in [6.07, 6.45) is 1.33. The van der Waals surface area contributed by atoms with Gasteiger partial charge in [-0.05, 0) is 53.6 Å². The van der Waals surface area contributed by atoms with Gasteiger partial charge in [-0.3, -0.25) is 4.79 Å². The monoisotopic (exact) mass is 724 g/mol. The van der Waals surface area contributed by atoms with E-state index in [1.807, 2.05) is 0 Å². The number of hydrogen-bond donors (Lipinski definition) is 0. The molecule has 3 heterocycles. The number of rotatable bonds is 11. The minimum Gasteiger partial charge on any atom is -0.497 e. The second kappa shape index (κ2) is 14.7. The smallest absolute Gasteiger partial charge is 0.243 e. The van der Waals surface area contributed by atoms with Gasteiger partial charge in [0.25, 0.3) is 0 Å². The van der Waals surface area contributed by atoms with Crippen molar-refractivity contribution in [2.75, 3.05) is 33.9 Å². The number of pyridine rings is 1. The molecule has 1 fully saturated rings. The van der Waals surface area contributed by atoms with Gasteiger partial charge < -0.3 is 23.5 Å². The highest BCUT2D eigenvalue weighted by atomic mass is 35.5. The van der Waals surface area contributed by atoms with Crippen molar-refractivity contribution in [2.45, 2.75) is 37.4 Å². The molecule has 3 aromatic carbocycles. The molecule has 0 bridgehead atoms. The van der Waals surface area contributed by atoms with Crippen molar-refractivity contribution in [2.24, 2.45) is 0 Å². The number of halogens is 3. The topological polar surface area (TPSA) is 103 Å². The third-order valence-corrected chi connectivity index (χ3v) is 10.6. The van der Waals surface area contributed by atoms with Gasteiger partial charge >= 0.3 is 0 Å². The lowest BCUT2D eigenvalue weighted by molar-refractivity contribution is -0.136. The fourth-order valence-corrected chi connectivity index (χ4v) is 7.57. The quantitative estimate of drug-likeness (QED) is 0.162. The van der Waals surface area contributed by atoms with Gasteiger partial charge in [0.15, 0.2) is 0 Å². The minimum absolute atomic E-state index is 0.0249. The molecule has 6 rings (SSSR count). The fourth-order valence-electron chi connectivity index (χ4n) is 5.98. The van der Waals surface area contributed by atoms with E-state index in [4.69, 9.17) is 25.8 Å². The highest BCUT2D eigenvalue weighted by Crippen LogP contribution is 2.34. The van der Waals surface area contributed by atoms with Gasteiger partial charge in [0.05, 0.1) is 48.8 Å². The van der Waals surface area contributed by atoms with Crippen molar-refractivity contribution in [1.29, 1.82) is 0 Å². The summed E-state index contributed by atoms with van der Waals surface area (Å²) in [4.78, 5) is 17.7. The van der Waals surface area contributed by atoms with Crippen molar-refractivity contribution in [3.8, 4) is 22.8 Å². The Labute approximate surface area is 293 Å². The summed E-state index contributed by atoms with van der Waals surface area (Å²) >= 11 is 6.23. The summed E-state index contributed by atoms with van der Waals surface area (Å²) in [5.41, 5.74) is 1.52. The van der Waals surface area contributed by atoms with Gasteiger partial charge in [-0.15, -0.1) is 0 Å². The molecular weight excluding hydrogens is 690 g/mol. The largest absolute Gasteiger partial charge is 0.497 e. The molecule has 1 amide bonds. The van der Waals surface area contributed by atoms with Gasteiger partial charge in [0.2, 0.25) is 15.9 Å². The van der Waals surface area contributed by atoms with Crippen LogP contribution in [0.5, 0.6) is 11.5 Å². The lowest BCUT2D eigenvalue weighted by atomic mass is 10.0. The molecule has 1 saturated heterocycles. The van der Waals surface area contributed by atoms with E-state index in [9.17, 15) is 13.2 Å². The Bertz CT molecular complexity index is 2050. The van der Waals surface area contributed by atoms with E-state index >= 15 is 8.78 Å². The van der Waals surface area contributed by atoms with Crippen LogP contribution in [-0.4, -0.2) is 72.9 Å². The predicted octanol–water partition coefficient (Wildman–Crippen LogP) is 6.13. The maximum Gasteiger partial charge on any atom is 0.243 e. The highest BCUT2D eigenvalue weighted by molar-refractivity contribution is 7.89. The molecule has 262 valence electrons. The number of carbonyl (C=O) groups is 1. The van der Waals surface area contributed by atoms with E-state index in [-0.39, 0.29) is 37.7 Å². The van der Waals surface area contributed by atoms with E-state index in [2.05, 4.69) is 4.98 Å². The van der Waals surface area contributed by atoms with Crippen LogP contribution in [0.15, 0.2) is 83.9 Å². The molecule has 14 heteroatoms. The number of methoxy groups -OCH3 is 2. The average molecular weight is 725 g/mol. The molecule has 1 aliphatic rings. The maximum absolute atomic E-state index is 16.2. The SMILES string of the molecule is COc1ccc(CN(Cc2ccc(OC)cc2)S(=O)(=O)c2cc(F)c(-c3nc4cc(Cl)ccn4c3C[C@H]3CN(C(C)=O)CCO3)c(F)c2)cc1. The molecule has 1 atom stereocenters. The van der Waals surface area contributed by atoms with Crippen LogP contribution in [0.25, 0.3) is 16.9 Å². The number of carbonyl (C=O) groups excluding carboxylic acids is 1. The van der Waals surface area contributed by atoms with Crippen LogP contribution in [0.1, 0.15) is 23.7 Å². The summed E-state index contributed by atoms with van der Waals surface area (Å²) in [5, 5.41) is 0.369. The second-order valence-corrected chi connectivity index (χ2v) is 14.2. The van der Waals surface area contributed by atoms with Crippen molar-refractivity contribution < 1.29 is 36.2 Å². The number of fused-ring (bicyclic) bond motifs is 1. The first-order chi connectivity index (χ1) is 24.0. The number of sulfonamides is 1. The van der Waals surface area contributed by atoms with Crippen LogP contribution in [0.4, 0.5) is 8.78 Å². The van der Waals surface area contributed by atoms with Crippen molar-refractivity contribution >= 4 is 33.2 Å². The summed E-state index contributed by atoms with van der Waals surface area (Å²) in [6.45, 7) is 2.34. The summed E-state index contributed by atoms with van der Waals surface area (Å²) in [6, 6.07) is 18.5. The van der Waals surface area contributed by atoms with Gasteiger partial charge in [0, 0.05) is 56.8 Å². The van der Waals surface area contributed by atoms with Crippen LogP contribution < -0.4 is 9.47 Å². The normalized spacial score (nSPS) is 15.1. The Kier molecular flexibility index (Phi) is 10.4. The fraction of sp³-hybridized carbons (Fsp3) is 0.278. The second-order valence-electron chi connectivity index (χ2n) is 11.9. The predicted molar refractivity (Wildman–Crippen MR) is 184 cm³/mol. The lowest BCUT2D eigenvalue weighted by Gasteiger charge is -2.32. The maximum atomic E-state index is 16.2. The molecule has 0 N–H and O–H groups in total. The number of morpholine rings is 1. The zero-order valence-electron chi connectivity index (χ0n) is 27.6. The van der Waals surface area contributed by atoms with Gasteiger partial charge in [-0.2, -0.15) is 4.31 Å². The number of amides is 1. The standard InChI is InChI=1S/C36H35ClF2N4O6S/c1-23(44)41-14-15-49-29(22-41)17-33-36(40-34-16-26(37)12-13-43(33)34)35-31(38)18-30(19-32(35)39)50(45,46)42(20-24-4-8-27(47-2)9-5-24)21-25-6-10-28(48-3)11-7-25/h4-13,16,18-19,29H,14-15,17,20-22H2,1-3H3/t29-/m0/s1. The van der Waals surface area contributed by atoms with Crippen LogP contribution in [-0.2, 0) is 39.1 Å². The van der Waals surface area contributed by atoms with Crippen LogP contribution >= 0.6 is 11.6 Å². The third-order valence-electron chi connectivity index (χ3n) is 8.62. The first-order valence-corrected chi connectivity index (χ1v) is 17.6. The Morgan fingerprint density at radius 3 is 2.08 bits per heavy atom. The van der Waals surface area contributed by atoms with Gasteiger partial charge in [-0.1, -0.05) is 35.9 Å².